The molecule has 0 N–H and O–H groups in total. The van der Waals surface area contributed by atoms with Crippen LogP contribution in [0.3, 0.4) is 0 Å². The van der Waals surface area contributed by atoms with Crippen LogP contribution in [0, 0.1) is 29.6 Å². The van der Waals surface area contributed by atoms with Gasteiger partial charge in [-0.25, -0.2) is 0 Å². The van der Waals surface area contributed by atoms with Crippen LogP contribution in [0.4, 0.5) is 0 Å². The molecule has 0 rings (SSSR count). The van der Waals surface area contributed by atoms with Gasteiger partial charge in [-0.2, -0.15) is 5.26 Å². The van der Waals surface area contributed by atoms with E-state index < -0.39 is 0 Å². The zero-order chi connectivity index (χ0) is 6.41. The average molecular weight is 107 g/mol. The van der Waals surface area contributed by atoms with Crippen molar-refractivity contribution >= 4 is 0 Å². The number of terminal acetylenes is 1. The summed E-state index contributed by atoms with van der Waals surface area (Å²) in [6.45, 7) is 1.87. The summed E-state index contributed by atoms with van der Waals surface area (Å²) in [5.74, 6) is 2.60. The normalized spacial score (nSPS) is 11.4. The van der Waals surface area contributed by atoms with Crippen molar-refractivity contribution in [3.8, 4) is 18.4 Å². The first kappa shape index (κ1) is 7.05. The van der Waals surface area contributed by atoms with Gasteiger partial charge in [-0.3, -0.25) is 0 Å². The maximum absolute atomic E-state index is 8.24. The summed E-state index contributed by atoms with van der Waals surface area (Å²) in [5.41, 5.74) is 0. The third-order valence-electron chi connectivity index (χ3n) is 0.942. The van der Waals surface area contributed by atoms with Crippen molar-refractivity contribution in [2.24, 2.45) is 5.92 Å². The standard InChI is InChI=1S/C7H9N/c1-3-4-5-7(2)6-8/h1,7H,4-5H2,2H3. The Morgan fingerprint density at radius 3 is 2.75 bits per heavy atom. The Morgan fingerprint density at radius 2 is 2.38 bits per heavy atom. The number of rotatable bonds is 2. The molecule has 8 heavy (non-hydrogen) atoms. The molecule has 0 fully saturated rings. The molecule has 0 aliphatic rings. The molecule has 0 amide bonds. The average Bonchev–Trinajstić information content (AvgIpc) is 1.83. The highest BCUT2D eigenvalue weighted by atomic mass is 14.2. The molecule has 0 aromatic rings. The molecule has 1 heteroatoms. The van der Waals surface area contributed by atoms with E-state index in [2.05, 4.69) is 12.0 Å². The molecule has 0 saturated carbocycles. The lowest BCUT2D eigenvalue weighted by molar-refractivity contribution is 0.678. The van der Waals surface area contributed by atoms with Crippen LogP contribution in [0.25, 0.3) is 0 Å². The number of nitriles is 1. The smallest absolute Gasteiger partial charge is 0.0653 e. The van der Waals surface area contributed by atoms with E-state index in [1.807, 2.05) is 6.92 Å². The van der Waals surface area contributed by atoms with Gasteiger partial charge in [0.05, 0.1) is 6.07 Å². The topological polar surface area (TPSA) is 23.8 Å². The van der Waals surface area contributed by atoms with Crippen LogP contribution >= 0.6 is 0 Å². The Hall–Kier alpha value is -0.950. The van der Waals surface area contributed by atoms with Crippen LogP contribution in [-0.2, 0) is 0 Å². The summed E-state index contributed by atoms with van der Waals surface area (Å²) < 4.78 is 0. The fourth-order valence-corrected chi connectivity index (χ4v) is 0.364. The van der Waals surface area contributed by atoms with Gasteiger partial charge < -0.3 is 0 Å². The maximum Gasteiger partial charge on any atom is 0.0653 e. The van der Waals surface area contributed by atoms with E-state index in [4.69, 9.17) is 11.7 Å². The third kappa shape index (κ3) is 3.25. The molecule has 42 valence electrons. The molecule has 0 radical (unpaired) electrons. The summed E-state index contributed by atoms with van der Waals surface area (Å²) in [6, 6.07) is 2.10. The molecular formula is C7H9N. The largest absolute Gasteiger partial charge is 0.198 e. The van der Waals surface area contributed by atoms with Gasteiger partial charge >= 0.3 is 0 Å². The van der Waals surface area contributed by atoms with Crippen LogP contribution in [0.5, 0.6) is 0 Å². The number of hydrogen-bond donors (Lipinski definition) is 0. The quantitative estimate of drug-likeness (QED) is 0.491. The van der Waals surface area contributed by atoms with Crippen molar-refractivity contribution in [3.63, 3.8) is 0 Å². The fourth-order valence-electron chi connectivity index (χ4n) is 0.364. The van der Waals surface area contributed by atoms with E-state index in [0.29, 0.717) is 6.42 Å². The van der Waals surface area contributed by atoms with Crippen molar-refractivity contribution in [1.29, 1.82) is 5.26 Å². The highest BCUT2D eigenvalue weighted by Gasteiger charge is 1.94. The van der Waals surface area contributed by atoms with E-state index in [1.54, 1.807) is 0 Å². The molecule has 0 spiro atoms. The zero-order valence-corrected chi connectivity index (χ0v) is 5.02. The Kier molecular flexibility index (Phi) is 3.71. The monoisotopic (exact) mass is 107 g/mol. The number of hydrogen-bond acceptors (Lipinski definition) is 1. The van der Waals surface area contributed by atoms with Gasteiger partial charge in [-0.1, -0.05) is 0 Å². The molecule has 0 bridgehead atoms. The summed E-state index contributed by atoms with van der Waals surface area (Å²) in [5, 5.41) is 8.24. The van der Waals surface area contributed by atoms with Crippen molar-refractivity contribution in [2.45, 2.75) is 19.8 Å². The fraction of sp³-hybridized carbons (Fsp3) is 0.571. The first-order valence-corrected chi connectivity index (χ1v) is 2.64. The molecular weight excluding hydrogens is 98.1 g/mol. The van der Waals surface area contributed by atoms with E-state index in [-0.39, 0.29) is 5.92 Å². The molecule has 0 aliphatic heterocycles. The SMILES string of the molecule is C#CCCC(C)C#N. The van der Waals surface area contributed by atoms with Gasteiger partial charge in [0.25, 0.3) is 0 Å². The van der Waals surface area contributed by atoms with Gasteiger partial charge in [0, 0.05) is 12.3 Å². The summed E-state index contributed by atoms with van der Waals surface area (Å²) in [7, 11) is 0. The van der Waals surface area contributed by atoms with E-state index in [0.717, 1.165) is 6.42 Å². The predicted octanol–water partition coefficient (Wildman–Crippen LogP) is 1.56. The van der Waals surface area contributed by atoms with E-state index >= 15 is 0 Å². The highest BCUT2D eigenvalue weighted by molar-refractivity contribution is 4.88. The van der Waals surface area contributed by atoms with Gasteiger partial charge in [0.1, 0.15) is 0 Å². The van der Waals surface area contributed by atoms with Crippen molar-refractivity contribution in [1.82, 2.24) is 0 Å². The Morgan fingerprint density at radius 1 is 1.75 bits per heavy atom. The molecule has 1 atom stereocenters. The lowest BCUT2D eigenvalue weighted by Gasteiger charge is -1.92. The van der Waals surface area contributed by atoms with Gasteiger partial charge in [-0.15, -0.1) is 12.3 Å². The first-order chi connectivity index (χ1) is 3.81. The Labute approximate surface area is 50.3 Å². The summed E-state index contributed by atoms with van der Waals surface area (Å²) in [4.78, 5) is 0. The van der Waals surface area contributed by atoms with Crippen LogP contribution < -0.4 is 0 Å². The lowest BCUT2D eigenvalue weighted by atomic mass is 10.1. The van der Waals surface area contributed by atoms with E-state index in [9.17, 15) is 0 Å². The van der Waals surface area contributed by atoms with Gasteiger partial charge in [0.2, 0.25) is 0 Å². The van der Waals surface area contributed by atoms with Crippen molar-refractivity contribution in [2.75, 3.05) is 0 Å². The van der Waals surface area contributed by atoms with Gasteiger partial charge in [0.15, 0.2) is 0 Å². The lowest BCUT2D eigenvalue weighted by Crippen LogP contribution is -1.86. The van der Waals surface area contributed by atoms with Crippen LogP contribution in [-0.4, -0.2) is 0 Å². The third-order valence-corrected chi connectivity index (χ3v) is 0.942. The molecule has 1 unspecified atom stereocenters. The first-order valence-electron chi connectivity index (χ1n) is 2.64. The maximum atomic E-state index is 8.24. The van der Waals surface area contributed by atoms with Crippen LogP contribution in [0.1, 0.15) is 19.8 Å². The molecule has 1 nitrogen and oxygen atoms in total. The predicted molar refractivity (Wildman–Crippen MR) is 32.8 cm³/mol. The van der Waals surface area contributed by atoms with Crippen molar-refractivity contribution in [3.05, 3.63) is 0 Å². The summed E-state index contributed by atoms with van der Waals surface area (Å²) >= 11 is 0. The highest BCUT2D eigenvalue weighted by Crippen LogP contribution is 2.00. The second-order valence-electron chi connectivity index (χ2n) is 1.77. The van der Waals surface area contributed by atoms with Crippen LogP contribution in [0.2, 0.25) is 0 Å². The number of nitrogens with zero attached hydrogens (tertiary/aromatic N) is 1. The van der Waals surface area contributed by atoms with Crippen LogP contribution in [0.15, 0.2) is 0 Å². The minimum Gasteiger partial charge on any atom is -0.198 e. The minimum atomic E-state index is 0.117. The van der Waals surface area contributed by atoms with E-state index in [1.165, 1.54) is 0 Å². The molecule has 0 aliphatic carbocycles. The van der Waals surface area contributed by atoms with Gasteiger partial charge in [-0.05, 0) is 13.3 Å². The second kappa shape index (κ2) is 4.22. The Balaban J connectivity index is 3.18. The Bertz CT molecular complexity index is 124. The molecule has 0 aromatic heterocycles. The summed E-state index contributed by atoms with van der Waals surface area (Å²) in [6.07, 6.45) is 6.52. The molecule has 0 aromatic carbocycles. The molecule has 0 saturated heterocycles. The second-order valence-corrected chi connectivity index (χ2v) is 1.77. The zero-order valence-electron chi connectivity index (χ0n) is 5.02. The minimum absolute atomic E-state index is 0.117. The van der Waals surface area contributed by atoms with Crippen molar-refractivity contribution < 1.29 is 0 Å². The molecule has 0 heterocycles.